The zero-order valence-corrected chi connectivity index (χ0v) is 13.0. The van der Waals surface area contributed by atoms with Gasteiger partial charge >= 0.3 is 0 Å². The fourth-order valence-electron chi connectivity index (χ4n) is 2.36. The first-order valence-corrected chi connectivity index (χ1v) is 7.56. The van der Waals surface area contributed by atoms with Crippen LogP contribution in [0.25, 0.3) is 0 Å². The van der Waals surface area contributed by atoms with Gasteiger partial charge in [0.2, 0.25) is 0 Å². The molecule has 0 aliphatic carbocycles. The van der Waals surface area contributed by atoms with Crippen molar-refractivity contribution in [1.82, 2.24) is 4.90 Å². The maximum Gasteiger partial charge on any atom is 0.254 e. The van der Waals surface area contributed by atoms with E-state index in [0.717, 1.165) is 11.3 Å². The summed E-state index contributed by atoms with van der Waals surface area (Å²) < 4.78 is 16.4. The molecule has 1 atom stereocenters. The van der Waals surface area contributed by atoms with Crippen LogP contribution in [0, 0.1) is 0 Å². The molecule has 22 heavy (non-hydrogen) atoms. The van der Waals surface area contributed by atoms with Gasteiger partial charge in [-0.05, 0) is 13.0 Å². The van der Waals surface area contributed by atoms with E-state index >= 15 is 0 Å². The monoisotopic (exact) mass is 305 g/mol. The average molecular weight is 305 g/mol. The molecule has 0 saturated carbocycles. The van der Waals surface area contributed by atoms with Gasteiger partial charge in [0.05, 0.1) is 26.4 Å². The number of para-hydroxylation sites is 1. The van der Waals surface area contributed by atoms with E-state index in [-0.39, 0.29) is 5.91 Å². The van der Waals surface area contributed by atoms with E-state index < -0.39 is 6.10 Å². The Balaban J connectivity index is 2.10. The van der Waals surface area contributed by atoms with Gasteiger partial charge in [-0.25, -0.2) is 0 Å². The Kier molecular flexibility index (Phi) is 6.43. The van der Waals surface area contributed by atoms with Gasteiger partial charge in [-0.3, -0.25) is 4.79 Å². The minimum absolute atomic E-state index is 0.0779. The Hall–Kier alpha value is -1.85. The van der Waals surface area contributed by atoms with E-state index in [1.54, 1.807) is 11.0 Å². The highest BCUT2D eigenvalue weighted by Gasteiger charge is 2.27. The molecule has 1 aliphatic rings. The second kappa shape index (κ2) is 8.56. The second-order valence-electron chi connectivity index (χ2n) is 4.98. The zero-order valence-electron chi connectivity index (χ0n) is 13.0. The van der Waals surface area contributed by atoms with Crippen molar-refractivity contribution >= 4 is 5.91 Å². The first-order chi connectivity index (χ1) is 10.8. The second-order valence-corrected chi connectivity index (χ2v) is 4.98. The van der Waals surface area contributed by atoms with Crippen molar-refractivity contribution in [3.05, 3.63) is 42.5 Å². The highest BCUT2D eigenvalue weighted by atomic mass is 16.6. The van der Waals surface area contributed by atoms with Gasteiger partial charge < -0.3 is 19.1 Å². The standard InChI is InChI=1S/C17H23NO4/c1-3-9-18(17(19)16-13-20-10-11-22-16)12-14-7-5-6-8-15(14)21-4-2/h3,5-8,16H,1,4,9-13H2,2H3. The summed E-state index contributed by atoms with van der Waals surface area (Å²) >= 11 is 0. The lowest BCUT2D eigenvalue weighted by molar-refractivity contribution is -0.158. The number of carbonyl (C=O) groups excluding carboxylic acids is 1. The molecule has 0 aromatic heterocycles. The molecule has 1 saturated heterocycles. The fourth-order valence-corrected chi connectivity index (χ4v) is 2.36. The van der Waals surface area contributed by atoms with Crippen molar-refractivity contribution in [3.8, 4) is 5.75 Å². The molecule has 5 heteroatoms. The number of benzene rings is 1. The molecule has 5 nitrogen and oxygen atoms in total. The van der Waals surface area contributed by atoms with Crippen molar-refractivity contribution in [2.45, 2.75) is 19.6 Å². The molecule has 1 unspecified atom stereocenters. The Morgan fingerprint density at radius 3 is 2.95 bits per heavy atom. The van der Waals surface area contributed by atoms with E-state index in [9.17, 15) is 4.79 Å². The third-order valence-electron chi connectivity index (χ3n) is 3.39. The molecule has 0 spiro atoms. The number of rotatable bonds is 7. The molecule has 0 bridgehead atoms. The predicted molar refractivity (Wildman–Crippen MR) is 83.8 cm³/mol. The van der Waals surface area contributed by atoms with Crippen LogP contribution in [0.15, 0.2) is 36.9 Å². The normalized spacial score (nSPS) is 17.8. The third kappa shape index (κ3) is 4.32. The Morgan fingerprint density at radius 1 is 1.45 bits per heavy atom. The summed E-state index contributed by atoms with van der Waals surface area (Å²) in [7, 11) is 0. The average Bonchev–Trinajstić information content (AvgIpc) is 2.56. The molecule has 0 radical (unpaired) electrons. The summed E-state index contributed by atoms with van der Waals surface area (Å²) in [5.41, 5.74) is 0.969. The van der Waals surface area contributed by atoms with Crippen LogP contribution in [0.5, 0.6) is 5.75 Å². The molecule has 1 aliphatic heterocycles. The molecule has 1 fully saturated rings. The van der Waals surface area contributed by atoms with Crippen LogP contribution < -0.4 is 4.74 Å². The van der Waals surface area contributed by atoms with Gasteiger partial charge in [-0.15, -0.1) is 6.58 Å². The summed E-state index contributed by atoms with van der Waals surface area (Å²) in [4.78, 5) is 14.3. The van der Waals surface area contributed by atoms with Gasteiger partial charge in [-0.1, -0.05) is 24.3 Å². The number of hydrogen-bond donors (Lipinski definition) is 0. The van der Waals surface area contributed by atoms with Crippen molar-refractivity contribution in [3.63, 3.8) is 0 Å². The zero-order chi connectivity index (χ0) is 15.8. The number of ether oxygens (including phenoxy) is 3. The number of hydrogen-bond acceptors (Lipinski definition) is 4. The molecular formula is C17H23NO4. The van der Waals surface area contributed by atoms with E-state index in [4.69, 9.17) is 14.2 Å². The van der Waals surface area contributed by atoms with Gasteiger partial charge in [0, 0.05) is 18.7 Å². The maximum absolute atomic E-state index is 12.6. The Morgan fingerprint density at radius 2 is 2.27 bits per heavy atom. The maximum atomic E-state index is 12.6. The van der Waals surface area contributed by atoms with Crippen LogP contribution in [0.3, 0.4) is 0 Å². The van der Waals surface area contributed by atoms with Gasteiger partial charge in [0.15, 0.2) is 6.10 Å². The van der Waals surface area contributed by atoms with E-state index in [0.29, 0.717) is 39.5 Å². The van der Waals surface area contributed by atoms with Crippen LogP contribution in [0.1, 0.15) is 12.5 Å². The van der Waals surface area contributed by atoms with Gasteiger partial charge in [0.1, 0.15) is 5.75 Å². The topological polar surface area (TPSA) is 48.0 Å². The molecule has 1 amide bonds. The fraction of sp³-hybridized carbons (Fsp3) is 0.471. The molecule has 2 rings (SSSR count). The number of carbonyl (C=O) groups is 1. The lowest BCUT2D eigenvalue weighted by Crippen LogP contribution is -2.45. The van der Waals surface area contributed by atoms with Crippen molar-refractivity contribution < 1.29 is 19.0 Å². The summed E-state index contributed by atoms with van der Waals surface area (Å²) in [6, 6.07) is 7.74. The van der Waals surface area contributed by atoms with E-state index in [1.165, 1.54) is 0 Å². The van der Waals surface area contributed by atoms with Crippen LogP contribution >= 0.6 is 0 Å². The summed E-state index contributed by atoms with van der Waals surface area (Å²) in [6.45, 7) is 8.48. The lowest BCUT2D eigenvalue weighted by atomic mass is 10.1. The summed E-state index contributed by atoms with van der Waals surface area (Å²) in [5, 5.41) is 0. The quantitative estimate of drug-likeness (QED) is 0.723. The van der Waals surface area contributed by atoms with Crippen molar-refractivity contribution in [2.24, 2.45) is 0 Å². The Labute approximate surface area is 131 Å². The largest absolute Gasteiger partial charge is 0.494 e. The summed E-state index contributed by atoms with van der Waals surface area (Å²) in [5.74, 6) is 0.721. The minimum Gasteiger partial charge on any atom is -0.494 e. The predicted octanol–water partition coefficient (Wildman–Crippen LogP) is 2.02. The molecule has 0 N–H and O–H groups in total. The summed E-state index contributed by atoms with van der Waals surface area (Å²) in [6.07, 6.45) is 1.18. The SMILES string of the molecule is C=CCN(Cc1ccccc1OCC)C(=O)C1COCCO1. The first kappa shape index (κ1) is 16.5. The van der Waals surface area contributed by atoms with Crippen LogP contribution in [-0.2, 0) is 20.8 Å². The number of nitrogens with zero attached hydrogens (tertiary/aromatic N) is 1. The minimum atomic E-state index is -0.534. The first-order valence-electron chi connectivity index (χ1n) is 7.56. The highest BCUT2D eigenvalue weighted by molar-refractivity contribution is 5.81. The number of amides is 1. The smallest absolute Gasteiger partial charge is 0.254 e. The highest BCUT2D eigenvalue weighted by Crippen LogP contribution is 2.20. The van der Waals surface area contributed by atoms with Crippen LogP contribution in [0.4, 0.5) is 0 Å². The molecule has 1 aromatic carbocycles. The van der Waals surface area contributed by atoms with E-state index in [1.807, 2.05) is 31.2 Å². The van der Waals surface area contributed by atoms with Crippen LogP contribution in [0.2, 0.25) is 0 Å². The molecule has 1 heterocycles. The molecule has 120 valence electrons. The third-order valence-corrected chi connectivity index (χ3v) is 3.39. The van der Waals surface area contributed by atoms with Crippen LogP contribution in [-0.4, -0.2) is 49.9 Å². The van der Waals surface area contributed by atoms with E-state index in [2.05, 4.69) is 6.58 Å². The molecular weight excluding hydrogens is 282 g/mol. The lowest BCUT2D eigenvalue weighted by Gasteiger charge is -2.29. The van der Waals surface area contributed by atoms with Crippen molar-refractivity contribution in [1.29, 1.82) is 0 Å². The van der Waals surface area contributed by atoms with Gasteiger partial charge in [0.25, 0.3) is 5.91 Å². The molecule has 1 aromatic rings. The van der Waals surface area contributed by atoms with Crippen molar-refractivity contribution in [2.75, 3.05) is 33.0 Å². The van der Waals surface area contributed by atoms with Gasteiger partial charge in [-0.2, -0.15) is 0 Å². The Bertz CT molecular complexity index is 497.